The van der Waals surface area contributed by atoms with Gasteiger partial charge in [0.25, 0.3) is 0 Å². The molecule has 1 aliphatic heterocycles. The zero-order valence-electron chi connectivity index (χ0n) is 20.3. The van der Waals surface area contributed by atoms with E-state index in [1.807, 2.05) is 42.5 Å². The van der Waals surface area contributed by atoms with Crippen LogP contribution in [0.25, 0.3) is 10.8 Å². The first kappa shape index (κ1) is 23.7. The van der Waals surface area contributed by atoms with Crippen LogP contribution in [0.2, 0.25) is 0 Å². The van der Waals surface area contributed by atoms with E-state index < -0.39 is 5.97 Å². The molecule has 0 aliphatic carbocycles. The molecule has 0 bridgehead atoms. The minimum Gasteiger partial charge on any atom is -0.486 e. The van der Waals surface area contributed by atoms with Crippen molar-refractivity contribution in [3.8, 4) is 11.5 Å². The molecule has 6 nitrogen and oxygen atoms in total. The van der Waals surface area contributed by atoms with Crippen molar-refractivity contribution in [1.82, 2.24) is 5.32 Å². The Hall–Kier alpha value is -4.03. The van der Waals surface area contributed by atoms with E-state index in [4.69, 9.17) is 14.6 Å². The quantitative estimate of drug-likeness (QED) is 0.308. The van der Waals surface area contributed by atoms with E-state index >= 15 is 0 Å². The third-order valence-electron chi connectivity index (χ3n) is 6.53. The zero-order chi connectivity index (χ0) is 24.9. The number of carboxylic acids is 1. The molecule has 184 valence electrons. The van der Waals surface area contributed by atoms with Crippen molar-refractivity contribution in [1.29, 1.82) is 0 Å². The molecule has 1 heterocycles. The second-order valence-electron chi connectivity index (χ2n) is 9.03. The minimum atomic E-state index is -0.998. The predicted octanol–water partition coefficient (Wildman–Crippen LogP) is 5.94. The van der Waals surface area contributed by atoms with Crippen LogP contribution in [0.15, 0.2) is 91.0 Å². The van der Waals surface area contributed by atoms with Gasteiger partial charge in [-0.05, 0) is 60.5 Å². The molecule has 4 aromatic rings. The van der Waals surface area contributed by atoms with E-state index in [1.165, 1.54) is 16.3 Å². The molecule has 0 radical (unpaired) electrons. The Morgan fingerprint density at radius 2 is 1.83 bits per heavy atom. The number of aliphatic carboxylic acids is 1. The van der Waals surface area contributed by atoms with Crippen LogP contribution in [0.5, 0.6) is 11.5 Å². The van der Waals surface area contributed by atoms with Crippen LogP contribution < -0.4 is 19.7 Å². The fourth-order valence-corrected chi connectivity index (χ4v) is 4.78. The first-order valence-electron chi connectivity index (χ1n) is 12.3. The number of anilines is 2. The number of carbonyl (C=O) groups is 1. The SMILES string of the molecule is C[C@@H](NCCC1CN(c2cccc(OCC(=O)O)c2)c2ccccc2O1)c1cccc2ccccc12. The molecule has 2 N–H and O–H groups in total. The van der Waals surface area contributed by atoms with Crippen molar-refractivity contribution >= 4 is 28.1 Å². The van der Waals surface area contributed by atoms with Crippen LogP contribution in [0.1, 0.15) is 24.9 Å². The van der Waals surface area contributed by atoms with E-state index in [-0.39, 0.29) is 18.8 Å². The summed E-state index contributed by atoms with van der Waals surface area (Å²) in [6.45, 7) is 3.33. The fourth-order valence-electron chi connectivity index (χ4n) is 4.78. The molecule has 0 aromatic heterocycles. The van der Waals surface area contributed by atoms with Crippen molar-refractivity contribution in [3.05, 3.63) is 96.6 Å². The predicted molar refractivity (Wildman–Crippen MR) is 142 cm³/mol. The van der Waals surface area contributed by atoms with Gasteiger partial charge in [0.05, 0.1) is 12.2 Å². The maximum atomic E-state index is 10.9. The van der Waals surface area contributed by atoms with Crippen LogP contribution in [0.4, 0.5) is 11.4 Å². The number of nitrogens with one attached hydrogen (secondary N) is 1. The Morgan fingerprint density at radius 1 is 1.06 bits per heavy atom. The summed E-state index contributed by atoms with van der Waals surface area (Å²) in [5.41, 5.74) is 3.22. The normalized spacial score (nSPS) is 15.7. The largest absolute Gasteiger partial charge is 0.486 e. The lowest BCUT2D eigenvalue weighted by atomic mass is 9.99. The molecular formula is C30H30N2O4. The summed E-state index contributed by atoms with van der Waals surface area (Å²) in [7, 11) is 0. The third-order valence-corrected chi connectivity index (χ3v) is 6.53. The average molecular weight is 483 g/mol. The van der Waals surface area contributed by atoms with Gasteiger partial charge in [0.2, 0.25) is 0 Å². The fraction of sp³-hybridized carbons (Fsp3) is 0.233. The number of nitrogens with zero attached hydrogens (tertiary/aromatic N) is 1. The summed E-state index contributed by atoms with van der Waals surface area (Å²) in [6, 6.07) is 30.7. The van der Waals surface area contributed by atoms with Gasteiger partial charge >= 0.3 is 5.97 Å². The zero-order valence-corrected chi connectivity index (χ0v) is 20.3. The maximum absolute atomic E-state index is 10.9. The highest BCUT2D eigenvalue weighted by Crippen LogP contribution is 2.39. The first-order chi connectivity index (χ1) is 17.6. The lowest BCUT2D eigenvalue weighted by Crippen LogP contribution is -2.39. The number of hydrogen-bond donors (Lipinski definition) is 2. The molecule has 0 fully saturated rings. The molecule has 0 saturated carbocycles. The first-order valence-corrected chi connectivity index (χ1v) is 12.3. The van der Waals surface area contributed by atoms with Gasteiger partial charge in [0.15, 0.2) is 6.61 Å². The average Bonchev–Trinajstić information content (AvgIpc) is 2.91. The lowest BCUT2D eigenvalue weighted by molar-refractivity contribution is -0.139. The van der Waals surface area contributed by atoms with Gasteiger partial charge in [-0.25, -0.2) is 4.79 Å². The lowest BCUT2D eigenvalue weighted by Gasteiger charge is -2.36. The van der Waals surface area contributed by atoms with Crippen molar-refractivity contribution in [2.75, 3.05) is 24.6 Å². The molecule has 0 amide bonds. The van der Waals surface area contributed by atoms with Gasteiger partial charge in [-0.15, -0.1) is 0 Å². The Bertz CT molecular complexity index is 1350. The summed E-state index contributed by atoms with van der Waals surface area (Å²) in [5.74, 6) is 0.371. The van der Waals surface area contributed by atoms with E-state index in [0.29, 0.717) is 12.3 Å². The molecule has 1 aliphatic rings. The summed E-state index contributed by atoms with van der Waals surface area (Å²) < 4.78 is 11.8. The number of rotatable bonds is 9. The topological polar surface area (TPSA) is 71.0 Å². The number of para-hydroxylation sites is 2. The van der Waals surface area contributed by atoms with Gasteiger partial charge in [0, 0.05) is 17.8 Å². The van der Waals surface area contributed by atoms with Crippen LogP contribution >= 0.6 is 0 Å². The van der Waals surface area contributed by atoms with Crippen molar-refractivity contribution in [2.45, 2.75) is 25.5 Å². The number of benzene rings is 4. The Labute approximate surface area is 211 Å². The maximum Gasteiger partial charge on any atom is 0.341 e. The van der Waals surface area contributed by atoms with Crippen molar-refractivity contribution in [3.63, 3.8) is 0 Å². The summed E-state index contributed by atoms with van der Waals surface area (Å²) in [6.07, 6.45) is 0.838. The highest BCUT2D eigenvalue weighted by molar-refractivity contribution is 5.86. The van der Waals surface area contributed by atoms with Crippen LogP contribution in [-0.4, -0.2) is 36.9 Å². The van der Waals surface area contributed by atoms with Gasteiger partial charge < -0.3 is 24.8 Å². The second kappa shape index (κ2) is 10.7. The summed E-state index contributed by atoms with van der Waals surface area (Å²) in [5, 5.41) is 15.2. The molecule has 6 heteroatoms. The minimum absolute atomic E-state index is 0.00397. The standard InChI is InChI=1S/C30H30N2O4/c1-21(26-13-6-9-22-8-2-3-12-27(22)26)31-17-16-25-19-32(28-14-4-5-15-29(28)36-25)23-10-7-11-24(18-23)35-20-30(33)34/h2-15,18,21,25,31H,16-17,19-20H2,1H3,(H,33,34)/t21-,25?/m1/s1. The van der Waals surface area contributed by atoms with E-state index in [0.717, 1.165) is 30.1 Å². The molecule has 4 aromatic carbocycles. The number of hydrogen-bond acceptors (Lipinski definition) is 5. The Morgan fingerprint density at radius 3 is 2.72 bits per heavy atom. The molecule has 5 rings (SSSR count). The second-order valence-corrected chi connectivity index (χ2v) is 9.03. The van der Waals surface area contributed by atoms with Crippen LogP contribution in [-0.2, 0) is 4.79 Å². The summed E-state index contributed by atoms with van der Waals surface area (Å²) >= 11 is 0. The highest BCUT2D eigenvalue weighted by Gasteiger charge is 2.26. The van der Waals surface area contributed by atoms with Gasteiger partial charge in [0.1, 0.15) is 17.6 Å². The molecule has 0 spiro atoms. The Balaban J connectivity index is 1.28. The molecule has 0 saturated heterocycles. The van der Waals surface area contributed by atoms with E-state index in [2.05, 4.69) is 59.6 Å². The number of carboxylic acid groups (broad SMARTS) is 1. The third kappa shape index (κ3) is 5.29. The van der Waals surface area contributed by atoms with Gasteiger partial charge in [-0.2, -0.15) is 0 Å². The summed E-state index contributed by atoms with van der Waals surface area (Å²) in [4.78, 5) is 13.1. The van der Waals surface area contributed by atoms with E-state index in [1.54, 1.807) is 6.07 Å². The monoisotopic (exact) mass is 482 g/mol. The molecule has 2 atom stereocenters. The van der Waals surface area contributed by atoms with Crippen LogP contribution in [0.3, 0.4) is 0 Å². The van der Waals surface area contributed by atoms with Gasteiger partial charge in [-0.1, -0.05) is 60.7 Å². The highest BCUT2D eigenvalue weighted by atomic mass is 16.5. The van der Waals surface area contributed by atoms with Gasteiger partial charge in [-0.3, -0.25) is 0 Å². The number of ether oxygens (including phenoxy) is 2. The number of fused-ring (bicyclic) bond motifs is 2. The van der Waals surface area contributed by atoms with Crippen molar-refractivity contribution < 1.29 is 19.4 Å². The molecule has 36 heavy (non-hydrogen) atoms. The molecular weight excluding hydrogens is 452 g/mol. The van der Waals surface area contributed by atoms with Crippen molar-refractivity contribution in [2.24, 2.45) is 0 Å². The van der Waals surface area contributed by atoms with Crippen LogP contribution in [0, 0.1) is 0 Å². The van der Waals surface area contributed by atoms with E-state index in [9.17, 15) is 4.79 Å². The smallest absolute Gasteiger partial charge is 0.341 e. The Kier molecular flexibility index (Phi) is 7.05. The molecule has 1 unspecified atom stereocenters.